The number of hydrogen-bond acceptors (Lipinski definition) is 7. The molecule has 1 amide bonds. The largest absolute Gasteiger partial charge is 0.372 e. The van der Waals surface area contributed by atoms with E-state index in [1.54, 1.807) is 17.0 Å². The zero-order valence-corrected chi connectivity index (χ0v) is 15.7. The third-order valence-electron chi connectivity index (χ3n) is 4.04. The number of hydrogen-bond donors (Lipinski definition) is 0. The van der Waals surface area contributed by atoms with Gasteiger partial charge in [-0.2, -0.15) is 4.80 Å². The van der Waals surface area contributed by atoms with Crippen molar-refractivity contribution in [1.29, 1.82) is 0 Å². The van der Waals surface area contributed by atoms with Gasteiger partial charge in [-0.3, -0.25) is 4.79 Å². The van der Waals surface area contributed by atoms with Crippen molar-refractivity contribution in [2.45, 2.75) is 37.5 Å². The lowest BCUT2D eigenvalue weighted by Gasteiger charge is -2.35. The number of rotatable bonds is 4. The first-order valence-corrected chi connectivity index (χ1v) is 10.1. The van der Waals surface area contributed by atoms with E-state index >= 15 is 0 Å². The average molecular weight is 379 g/mol. The zero-order chi connectivity index (χ0) is 18.9. The lowest BCUT2D eigenvalue weighted by Crippen LogP contribution is -2.49. The van der Waals surface area contributed by atoms with Crippen molar-refractivity contribution in [3.63, 3.8) is 0 Å². The van der Waals surface area contributed by atoms with Crippen LogP contribution < -0.4 is 0 Å². The lowest BCUT2D eigenvalue weighted by atomic mass is 10.2. The molecule has 1 aromatic heterocycles. The van der Waals surface area contributed by atoms with E-state index < -0.39 is 9.84 Å². The Morgan fingerprint density at radius 1 is 1.19 bits per heavy atom. The van der Waals surface area contributed by atoms with Gasteiger partial charge in [0, 0.05) is 24.9 Å². The van der Waals surface area contributed by atoms with Gasteiger partial charge in [0.2, 0.25) is 11.7 Å². The van der Waals surface area contributed by atoms with Crippen LogP contribution in [0.3, 0.4) is 0 Å². The quantitative estimate of drug-likeness (QED) is 0.756. The summed E-state index contributed by atoms with van der Waals surface area (Å²) in [5, 5.41) is 12.1. The van der Waals surface area contributed by atoms with Crippen LogP contribution in [0.15, 0.2) is 29.2 Å². The van der Waals surface area contributed by atoms with Crippen LogP contribution in [0.1, 0.15) is 13.8 Å². The molecule has 10 heteroatoms. The van der Waals surface area contributed by atoms with E-state index in [0.717, 1.165) is 6.26 Å². The molecule has 1 fully saturated rings. The first-order valence-electron chi connectivity index (χ1n) is 8.24. The second-order valence-corrected chi connectivity index (χ2v) is 8.51. The second-order valence-electron chi connectivity index (χ2n) is 6.50. The Morgan fingerprint density at radius 2 is 1.81 bits per heavy atom. The highest BCUT2D eigenvalue weighted by Gasteiger charge is 2.26. The molecule has 26 heavy (non-hydrogen) atoms. The van der Waals surface area contributed by atoms with Crippen molar-refractivity contribution in [3.8, 4) is 11.4 Å². The van der Waals surface area contributed by atoms with Gasteiger partial charge >= 0.3 is 0 Å². The number of sulfone groups is 1. The monoisotopic (exact) mass is 379 g/mol. The van der Waals surface area contributed by atoms with E-state index in [9.17, 15) is 13.2 Å². The van der Waals surface area contributed by atoms with Gasteiger partial charge in [0.05, 0.1) is 17.1 Å². The molecule has 2 aromatic rings. The van der Waals surface area contributed by atoms with E-state index in [1.807, 2.05) is 13.8 Å². The molecule has 140 valence electrons. The molecule has 2 heterocycles. The predicted octanol–water partition coefficient (Wildman–Crippen LogP) is 0.379. The SMILES string of the molecule is C[C@@H]1CN(C(=O)Cn2nnc(-c3ccc(S(C)(=O)=O)cc3)n2)C[C@H](C)O1. The molecular formula is C16H21N5O4S. The molecule has 0 aliphatic carbocycles. The summed E-state index contributed by atoms with van der Waals surface area (Å²) in [5.41, 5.74) is 0.629. The van der Waals surface area contributed by atoms with Crippen LogP contribution in [0.5, 0.6) is 0 Å². The van der Waals surface area contributed by atoms with Crippen molar-refractivity contribution in [1.82, 2.24) is 25.1 Å². The van der Waals surface area contributed by atoms with Crippen LogP contribution in [0.2, 0.25) is 0 Å². The van der Waals surface area contributed by atoms with Crippen LogP contribution in [0, 0.1) is 0 Å². The van der Waals surface area contributed by atoms with Crippen LogP contribution in [-0.4, -0.2) is 71.0 Å². The Labute approximate surface area is 151 Å². The van der Waals surface area contributed by atoms with Gasteiger partial charge in [-0.15, -0.1) is 10.2 Å². The zero-order valence-electron chi connectivity index (χ0n) is 14.9. The number of benzene rings is 1. The Hall–Kier alpha value is -2.33. The molecule has 0 radical (unpaired) electrons. The summed E-state index contributed by atoms with van der Waals surface area (Å²) in [6, 6.07) is 6.22. The normalized spacial score (nSPS) is 21.0. The number of carbonyl (C=O) groups is 1. The fraction of sp³-hybridized carbons (Fsp3) is 0.500. The van der Waals surface area contributed by atoms with Gasteiger partial charge in [-0.05, 0) is 43.3 Å². The van der Waals surface area contributed by atoms with Gasteiger partial charge in [-0.1, -0.05) is 0 Å². The Morgan fingerprint density at radius 3 is 2.38 bits per heavy atom. The third-order valence-corrected chi connectivity index (χ3v) is 5.17. The second kappa shape index (κ2) is 7.12. The van der Waals surface area contributed by atoms with Gasteiger partial charge in [0.1, 0.15) is 6.54 Å². The van der Waals surface area contributed by atoms with Gasteiger partial charge < -0.3 is 9.64 Å². The molecular weight excluding hydrogens is 358 g/mol. The summed E-state index contributed by atoms with van der Waals surface area (Å²) in [5.74, 6) is 0.241. The standard InChI is InChI=1S/C16H21N5O4S/c1-11-8-20(9-12(2)25-11)15(22)10-21-18-16(17-19-21)13-4-6-14(7-5-13)26(3,23)24/h4-7,11-12H,8-10H2,1-3H3/t11-,12+. The minimum atomic E-state index is -3.26. The number of amides is 1. The first-order chi connectivity index (χ1) is 12.2. The van der Waals surface area contributed by atoms with E-state index in [2.05, 4.69) is 15.4 Å². The summed E-state index contributed by atoms with van der Waals surface area (Å²) < 4.78 is 28.6. The fourth-order valence-electron chi connectivity index (χ4n) is 2.88. The number of nitrogens with zero attached hydrogens (tertiary/aromatic N) is 5. The molecule has 0 spiro atoms. The maximum Gasteiger partial charge on any atom is 0.246 e. The molecule has 1 saturated heterocycles. The predicted molar refractivity (Wildman–Crippen MR) is 93.0 cm³/mol. The molecule has 1 aliphatic heterocycles. The lowest BCUT2D eigenvalue weighted by molar-refractivity contribution is -0.144. The van der Waals surface area contributed by atoms with Gasteiger partial charge in [0.25, 0.3) is 0 Å². The number of tetrazole rings is 1. The van der Waals surface area contributed by atoms with Crippen LogP contribution in [-0.2, 0) is 25.9 Å². The van der Waals surface area contributed by atoms with Crippen molar-refractivity contribution < 1.29 is 17.9 Å². The number of carbonyl (C=O) groups excluding carboxylic acids is 1. The molecule has 9 nitrogen and oxygen atoms in total. The topological polar surface area (TPSA) is 107 Å². The highest BCUT2D eigenvalue weighted by Crippen LogP contribution is 2.17. The number of ether oxygens (including phenoxy) is 1. The molecule has 2 atom stereocenters. The molecule has 0 unspecified atom stereocenters. The van der Waals surface area contributed by atoms with Crippen molar-refractivity contribution in [2.24, 2.45) is 0 Å². The van der Waals surface area contributed by atoms with E-state index in [-0.39, 0.29) is 29.6 Å². The highest BCUT2D eigenvalue weighted by atomic mass is 32.2. The maximum absolute atomic E-state index is 12.4. The maximum atomic E-state index is 12.4. The van der Waals surface area contributed by atoms with E-state index in [1.165, 1.54) is 16.9 Å². The summed E-state index contributed by atoms with van der Waals surface area (Å²) >= 11 is 0. The minimum absolute atomic E-state index is 0.00433. The summed E-state index contributed by atoms with van der Waals surface area (Å²) in [6.07, 6.45) is 1.14. The molecule has 0 N–H and O–H groups in total. The van der Waals surface area contributed by atoms with Crippen LogP contribution >= 0.6 is 0 Å². The minimum Gasteiger partial charge on any atom is -0.372 e. The smallest absolute Gasteiger partial charge is 0.246 e. The van der Waals surface area contributed by atoms with Crippen molar-refractivity contribution in [2.75, 3.05) is 19.3 Å². The Balaban J connectivity index is 1.69. The average Bonchev–Trinajstić information content (AvgIpc) is 3.01. The van der Waals surface area contributed by atoms with E-state index in [4.69, 9.17) is 4.74 Å². The highest BCUT2D eigenvalue weighted by molar-refractivity contribution is 7.90. The molecule has 0 saturated carbocycles. The first kappa shape index (κ1) is 18.5. The summed E-state index contributed by atoms with van der Waals surface area (Å²) in [6.45, 7) is 4.94. The van der Waals surface area contributed by atoms with Gasteiger partial charge in [-0.25, -0.2) is 8.42 Å². The molecule has 1 aromatic carbocycles. The Kier molecular flexibility index (Phi) is 5.05. The number of morpholine rings is 1. The fourth-order valence-corrected chi connectivity index (χ4v) is 3.51. The number of aromatic nitrogens is 4. The third kappa shape index (κ3) is 4.25. The molecule has 3 rings (SSSR count). The van der Waals surface area contributed by atoms with Gasteiger partial charge in [0.15, 0.2) is 9.84 Å². The Bertz CT molecular complexity index is 884. The molecule has 0 bridgehead atoms. The van der Waals surface area contributed by atoms with Crippen LogP contribution in [0.25, 0.3) is 11.4 Å². The van der Waals surface area contributed by atoms with Crippen molar-refractivity contribution >= 4 is 15.7 Å². The van der Waals surface area contributed by atoms with E-state index in [0.29, 0.717) is 24.5 Å². The summed E-state index contributed by atoms with van der Waals surface area (Å²) in [7, 11) is -3.26. The summed E-state index contributed by atoms with van der Waals surface area (Å²) in [4.78, 5) is 15.6. The van der Waals surface area contributed by atoms with Crippen molar-refractivity contribution in [3.05, 3.63) is 24.3 Å². The molecule has 1 aliphatic rings. The van der Waals surface area contributed by atoms with Crippen LogP contribution in [0.4, 0.5) is 0 Å².